The van der Waals surface area contributed by atoms with E-state index in [0.717, 1.165) is 11.1 Å². The highest BCUT2D eigenvalue weighted by Gasteiger charge is 2.22. The first-order chi connectivity index (χ1) is 12.6. The Hall–Kier alpha value is -3.60. The molecule has 5 nitrogen and oxygen atoms in total. The van der Waals surface area contributed by atoms with Crippen molar-refractivity contribution < 1.29 is 15.0 Å². The van der Waals surface area contributed by atoms with E-state index in [1.807, 2.05) is 60.7 Å². The topological polar surface area (TPSA) is 81.9 Å². The van der Waals surface area contributed by atoms with Crippen molar-refractivity contribution in [1.82, 2.24) is 5.43 Å². The van der Waals surface area contributed by atoms with E-state index in [2.05, 4.69) is 10.5 Å². The third kappa shape index (κ3) is 4.08. The van der Waals surface area contributed by atoms with Gasteiger partial charge in [-0.05, 0) is 23.3 Å². The number of benzene rings is 3. The summed E-state index contributed by atoms with van der Waals surface area (Å²) in [5.41, 5.74) is 4.64. The molecule has 0 radical (unpaired) electrons. The molecule has 3 aromatic carbocycles. The highest BCUT2D eigenvalue weighted by atomic mass is 16.3. The summed E-state index contributed by atoms with van der Waals surface area (Å²) in [6, 6.07) is 23.1. The van der Waals surface area contributed by atoms with Crippen molar-refractivity contribution in [3.63, 3.8) is 0 Å². The molecular weight excluding hydrogens is 328 g/mol. The number of phenolic OH excluding ortho intramolecular Hbond substituents is 2. The lowest BCUT2D eigenvalue weighted by atomic mass is 9.91. The quantitative estimate of drug-likeness (QED) is 0.489. The van der Waals surface area contributed by atoms with Crippen LogP contribution < -0.4 is 5.43 Å². The third-order valence-electron chi connectivity index (χ3n) is 3.92. The zero-order valence-electron chi connectivity index (χ0n) is 13.9. The van der Waals surface area contributed by atoms with Crippen LogP contribution in [0.1, 0.15) is 22.6 Å². The molecule has 0 bridgehead atoms. The van der Waals surface area contributed by atoms with Crippen LogP contribution in [0.4, 0.5) is 0 Å². The molecular formula is C21H18N2O3. The molecule has 0 atom stereocenters. The molecule has 0 aliphatic heterocycles. The Morgan fingerprint density at radius 2 is 1.46 bits per heavy atom. The number of amides is 1. The van der Waals surface area contributed by atoms with Crippen molar-refractivity contribution in [2.45, 2.75) is 5.92 Å². The Bertz CT molecular complexity index is 870. The second-order valence-corrected chi connectivity index (χ2v) is 5.73. The fraction of sp³-hybridized carbons (Fsp3) is 0.0476. The van der Waals surface area contributed by atoms with Gasteiger partial charge in [0.25, 0.3) is 5.91 Å². The van der Waals surface area contributed by atoms with Crippen molar-refractivity contribution in [2.75, 3.05) is 0 Å². The molecule has 0 fully saturated rings. The Kier molecular flexibility index (Phi) is 5.29. The lowest BCUT2D eigenvalue weighted by molar-refractivity contribution is -0.121. The molecule has 0 aromatic heterocycles. The molecule has 0 unspecified atom stereocenters. The Morgan fingerprint density at radius 3 is 2.00 bits per heavy atom. The van der Waals surface area contributed by atoms with Crippen LogP contribution in [-0.4, -0.2) is 22.3 Å². The van der Waals surface area contributed by atoms with Crippen LogP contribution in [0.15, 0.2) is 84.0 Å². The van der Waals surface area contributed by atoms with Crippen LogP contribution in [0.25, 0.3) is 0 Å². The maximum Gasteiger partial charge on any atom is 0.252 e. The molecule has 0 heterocycles. The molecule has 3 N–H and O–H groups in total. The van der Waals surface area contributed by atoms with Crippen LogP contribution in [-0.2, 0) is 4.79 Å². The van der Waals surface area contributed by atoms with Gasteiger partial charge in [-0.15, -0.1) is 0 Å². The van der Waals surface area contributed by atoms with Crippen molar-refractivity contribution >= 4 is 12.1 Å². The molecule has 3 rings (SSSR count). The molecule has 5 heteroatoms. The van der Waals surface area contributed by atoms with E-state index in [4.69, 9.17) is 0 Å². The Balaban J connectivity index is 1.81. The van der Waals surface area contributed by atoms with Crippen molar-refractivity contribution in [2.24, 2.45) is 5.10 Å². The summed E-state index contributed by atoms with van der Waals surface area (Å²) >= 11 is 0. The minimum Gasteiger partial charge on any atom is -0.508 e. The Labute approximate surface area is 151 Å². The smallest absolute Gasteiger partial charge is 0.252 e. The summed E-state index contributed by atoms with van der Waals surface area (Å²) in [7, 11) is 0. The van der Waals surface area contributed by atoms with E-state index < -0.39 is 5.92 Å². The van der Waals surface area contributed by atoms with E-state index in [0.29, 0.717) is 5.56 Å². The predicted octanol–water partition coefficient (Wildman–Crippen LogP) is 3.38. The van der Waals surface area contributed by atoms with Crippen molar-refractivity contribution in [3.8, 4) is 11.5 Å². The van der Waals surface area contributed by atoms with Gasteiger partial charge in [0.15, 0.2) is 0 Å². The summed E-state index contributed by atoms with van der Waals surface area (Å²) in [6.45, 7) is 0. The first kappa shape index (κ1) is 17.2. The fourth-order valence-corrected chi connectivity index (χ4v) is 2.66. The summed E-state index contributed by atoms with van der Waals surface area (Å²) < 4.78 is 0. The lowest BCUT2D eigenvalue weighted by Crippen LogP contribution is -2.26. The zero-order chi connectivity index (χ0) is 18.4. The van der Waals surface area contributed by atoms with Gasteiger partial charge in [0.05, 0.1) is 12.1 Å². The van der Waals surface area contributed by atoms with Gasteiger partial charge in [-0.1, -0.05) is 60.7 Å². The largest absolute Gasteiger partial charge is 0.508 e. The van der Waals surface area contributed by atoms with E-state index >= 15 is 0 Å². The highest BCUT2D eigenvalue weighted by Crippen LogP contribution is 2.25. The van der Waals surface area contributed by atoms with Crippen LogP contribution in [0, 0.1) is 0 Å². The average molecular weight is 346 g/mol. The molecule has 130 valence electrons. The number of nitrogens with one attached hydrogen (secondary N) is 1. The van der Waals surface area contributed by atoms with E-state index in [1.165, 1.54) is 24.4 Å². The number of hydrazone groups is 1. The first-order valence-electron chi connectivity index (χ1n) is 8.10. The normalized spacial score (nSPS) is 11.0. The number of nitrogens with zero attached hydrogens (tertiary/aromatic N) is 1. The lowest BCUT2D eigenvalue weighted by Gasteiger charge is -2.16. The van der Waals surface area contributed by atoms with Gasteiger partial charge >= 0.3 is 0 Å². The summed E-state index contributed by atoms with van der Waals surface area (Å²) in [4.78, 5) is 12.7. The van der Waals surface area contributed by atoms with Gasteiger partial charge < -0.3 is 10.2 Å². The molecule has 26 heavy (non-hydrogen) atoms. The molecule has 0 aliphatic rings. The van der Waals surface area contributed by atoms with Gasteiger partial charge in [-0.3, -0.25) is 4.79 Å². The predicted molar refractivity (Wildman–Crippen MR) is 100 cm³/mol. The third-order valence-corrected chi connectivity index (χ3v) is 3.92. The number of rotatable bonds is 5. The average Bonchev–Trinajstić information content (AvgIpc) is 2.65. The monoisotopic (exact) mass is 346 g/mol. The van der Waals surface area contributed by atoms with Crippen LogP contribution in [0.5, 0.6) is 11.5 Å². The molecule has 3 aromatic rings. The number of phenols is 2. The first-order valence-corrected chi connectivity index (χ1v) is 8.10. The molecule has 0 saturated heterocycles. The minimum absolute atomic E-state index is 0.0445. The van der Waals surface area contributed by atoms with Gasteiger partial charge in [-0.25, -0.2) is 5.43 Å². The second kappa shape index (κ2) is 7.98. The van der Waals surface area contributed by atoms with Gasteiger partial charge in [0, 0.05) is 11.6 Å². The Morgan fingerprint density at radius 1 is 0.885 bits per heavy atom. The number of aromatic hydroxyl groups is 2. The number of carbonyl (C=O) groups excluding carboxylic acids is 1. The van der Waals surface area contributed by atoms with E-state index in [-0.39, 0.29) is 17.4 Å². The maximum absolute atomic E-state index is 12.7. The molecule has 0 saturated carbocycles. The van der Waals surface area contributed by atoms with Crippen molar-refractivity contribution in [1.29, 1.82) is 0 Å². The SMILES string of the molecule is O=C(N/N=C\c1ccc(O)cc1O)C(c1ccccc1)c1ccccc1. The van der Waals surface area contributed by atoms with Gasteiger partial charge in [0.2, 0.25) is 0 Å². The van der Waals surface area contributed by atoms with Gasteiger partial charge in [0.1, 0.15) is 11.5 Å². The maximum atomic E-state index is 12.7. The number of hydrogen-bond donors (Lipinski definition) is 3. The standard InChI is InChI=1S/C21H18N2O3/c24-18-12-11-17(19(25)13-18)14-22-23-21(26)20(15-7-3-1-4-8-15)16-9-5-2-6-10-16/h1-14,20,24-25H,(H,23,26)/b22-14-. The zero-order valence-corrected chi connectivity index (χ0v) is 13.9. The van der Waals surface area contributed by atoms with Crippen LogP contribution in [0.2, 0.25) is 0 Å². The second-order valence-electron chi connectivity index (χ2n) is 5.73. The summed E-state index contributed by atoms with van der Waals surface area (Å²) in [5, 5.41) is 23.0. The summed E-state index contributed by atoms with van der Waals surface area (Å²) in [5.74, 6) is -0.942. The summed E-state index contributed by atoms with van der Waals surface area (Å²) in [6.07, 6.45) is 1.33. The minimum atomic E-state index is -0.497. The van der Waals surface area contributed by atoms with E-state index in [9.17, 15) is 15.0 Å². The highest BCUT2D eigenvalue weighted by molar-refractivity contribution is 5.89. The molecule has 0 aliphatic carbocycles. The molecule has 0 spiro atoms. The number of hydrogen-bond acceptors (Lipinski definition) is 4. The van der Waals surface area contributed by atoms with Crippen LogP contribution in [0.3, 0.4) is 0 Å². The van der Waals surface area contributed by atoms with E-state index in [1.54, 1.807) is 0 Å². The molecule has 1 amide bonds. The number of carbonyl (C=O) groups is 1. The van der Waals surface area contributed by atoms with Crippen LogP contribution >= 0.6 is 0 Å². The fourth-order valence-electron chi connectivity index (χ4n) is 2.66. The van der Waals surface area contributed by atoms with Gasteiger partial charge in [-0.2, -0.15) is 5.10 Å². The van der Waals surface area contributed by atoms with Crippen molar-refractivity contribution in [3.05, 3.63) is 95.6 Å².